The van der Waals surface area contributed by atoms with Gasteiger partial charge < -0.3 is 14.4 Å². The molecule has 0 spiro atoms. The van der Waals surface area contributed by atoms with Crippen LogP contribution in [0.2, 0.25) is 0 Å². The zero-order valence-electron chi connectivity index (χ0n) is 12.5. The molecule has 1 fully saturated rings. The van der Waals surface area contributed by atoms with Crippen LogP contribution in [0.5, 0.6) is 5.75 Å². The summed E-state index contributed by atoms with van der Waals surface area (Å²) in [4.78, 5) is 6.46. The average Bonchev–Trinajstić information content (AvgIpc) is 2.73. The Balaban J connectivity index is 1.94. The highest BCUT2D eigenvalue weighted by atomic mass is 16.5. The second-order valence-electron chi connectivity index (χ2n) is 5.41. The third-order valence-electron chi connectivity index (χ3n) is 4.23. The molecule has 0 radical (unpaired) electrons. The normalized spacial score (nSPS) is 21.6. The average molecular weight is 286 g/mol. The van der Waals surface area contributed by atoms with Gasteiger partial charge >= 0.3 is 0 Å². The van der Waals surface area contributed by atoms with Crippen LogP contribution < -0.4 is 4.74 Å². The number of benzene rings is 1. The minimum absolute atomic E-state index is 0.577. The smallest absolute Gasteiger partial charge is 0.138 e. The Labute approximate surface area is 126 Å². The van der Waals surface area contributed by atoms with Gasteiger partial charge in [0.1, 0.15) is 18.2 Å². The first-order valence-electron chi connectivity index (χ1n) is 7.54. The molecular formula is C17H22N2O2. The van der Waals surface area contributed by atoms with Crippen molar-refractivity contribution in [2.75, 3.05) is 33.4 Å². The predicted molar refractivity (Wildman–Crippen MR) is 84.1 cm³/mol. The molecule has 1 aromatic rings. The third kappa shape index (κ3) is 2.81. The lowest BCUT2D eigenvalue weighted by Gasteiger charge is -2.23. The first kappa shape index (κ1) is 14.1. The van der Waals surface area contributed by atoms with Gasteiger partial charge in [0, 0.05) is 20.3 Å². The van der Waals surface area contributed by atoms with E-state index in [-0.39, 0.29) is 0 Å². The van der Waals surface area contributed by atoms with Crippen molar-refractivity contribution >= 4 is 5.84 Å². The molecular weight excluding hydrogens is 264 g/mol. The number of rotatable bonds is 2. The van der Waals surface area contributed by atoms with Gasteiger partial charge in [0.15, 0.2) is 0 Å². The highest BCUT2D eigenvalue weighted by Crippen LogP contribution is 2.32. The van der Waals surface area contributed by atoms with Crippen LogP contribution in [0.4, 0.5) is 0 Å². The van der Waals surface area contributed by atoms with Crippen LogP contribution in [0.25, 0.3) is 0 Å². The highest BCUT2D eigenvalue weighted by Gasteiger charge is 2.22. The molecule has 2 aliphatic heterocycles. The lowest BCUT2D eigenvalue weighted by atomic mass is 9.90. The van der Waals surface area contributed by atoms with Gasteiger partial charge in [-0.1, -0.05) is 12.6 Å². The van der Waals surface area contributed by atoms with Crippen molar-refractivity contribution in [1.82, 2.24) is 4.90 Å². The van der Waals surface area contributed by atoms with E-state index in [9.17, 15) is 0 Å². The van der Waals surface area contributed by atoms with Gasteiger partial charge in [0.25, 0.3) is 0 Å². The van der Waals surface area contributed by atoms with E-state index < -0.39 is 0 Å². The van der Waals surface area contributed by atoms with E-state index in [1.807, 2.05) is 18.1 Å². The Morgan fingerprint density at radius 1 is 1.29 bits per heavy atom. The van der Waals surface area contributed by atoms with Crippen molar-refractivity contribution in [3.63, 3.8) is 0 Å². The molecule has 0 aliphatic carbocycles. The largest absolute Gasteiger partial charge is 0.491 e. The summed E-state index contributed by atoms with van der Waals surface area (Å²) in [7, 11) is 1.81. The summed E-state index contributed by atoms with van der Waals surface area (Å²) in [6, 6.07) is 6.52. The fourth-order valence-corrected chi connectivity index (χ4v) is 3.07. The third-order valence-corrected chi connectivity index (χ3v) is 4.23. The second-order valence-corrected chi connectivity index (χ2v) is 5.41. The van der Waals surface area contributed by atoms with E-state index in [0.29, 0.717) is 12.5 Å². The molecule has 112 valence electrons. The van der Waals surface area contributed by atoms with E-state index >= 15 is 0 Å². The molecule has 1 saturated heterocycles. The fourth-order valence-electron chi connectivity index (χ4n) is 3.07. The van der Waals surface area contributed by atoms with Crippen molar-refractivity contribution in [3.8, 4) is 5.75 Å². The van der Waals surface area contributed by atoms with Crippen molar-refractivity contribution in [1.29, 1.82) is 0 Å². The number of aliphatic imine (C=N–C) groups is 1. The Morgan fingerprint density at radius 2 is 2.10 bits per heavy atom. The maximum atomic E-state index is 5.94. The number of ether oxygens (including phenoxy) is 2. The van der Waals surface area contributed by atoms with Crippen LogP contribution >= 0.6 is 0 Å². The van der Waals surface area contributed by atoms with Gasteiger partial charge in [-0.25, -0.2) is 0 Å². The van der Waals surface area contributed by atoms with Gasteiger partial charge in [0.05, 0.1) is 12.1 Å². The lowest BCUT2D eigenvalue weighted by molar-refractivity contribution is 0.0853. The molecule has 0 aromatic heterocycles. The number of hydrogen-bond donors (Lipinski definition) is 0. The first-order valence-corrected chi connectivity index (χ1v) is 7.54. The number of nitrogens with zero attached hydrogens (tertiary/aromatic N) is 2. The van der Waals surface area contributed by atoms with E-state index in [1.165, 1.54) is 5.56 Å². The Kier molecular flexibility index (Phi) is 4.25. The molecule has 0 saturated carbocycles. The molecule has 1 aromatic carbocycles. The maximum absolute atomic E-state index is 5.94. The first-order chi connectivity index (χ1) is 10.3. The summed E-state index contributed by atoms with van der Waals surface area (Å²) in [5.41, 5.74) is 2.39. The van der Waals surface area contributed by atoms with Crippen LogP contribution in [0.15, 0.2) is 36.0 Å². The van der Waals surface area contributed by atoms with Crippen LogP contribution in [0, 0.1) is 0 Å². The zero-order chi connectivity index (χ0) is 14.7. The molecule has 0 amide bonds. The minimum Gasteiger partial charge on any atom is -0.491 e. The summed E-state index contributed by atoms with van der Waals surface area (Å²) in [5, 5.41) is 0. The van der Waals surface area contributed by atoms with Crippen LogP contribution in [0.3, 0.4) is 0 Å². The molecule has 2 aliphatic rings. The molecule has 3 rings (SSSR count). The number of hydrogen-bond acceptors (Lipinski definition) is 3. The summed E-state index contributed by atoms with van der Waals surface area (Å²) >= 11 is 0. The lowest BCUT2D eigenvalue weighted by Crippen LogP contribution is -2.27. The van der Waals surface area contributed by atoms with Crippen LogP contribution in [-0.2, 0) is 4.74 Å². The van der Waals surface area contributed by atoms with Crippen molar-refractivity contribution in [3.05, 3.63) is 42.1 Å². The molecule has 4 nitrogen and oxygen atoms in total. The van der Waals surface area contributed by atoms with Crippen molar-refractivity contribution in [2.45, 2.75) is 18.8 Å². The van der Waals surface area contributed by atoms with Gasteiger partial charge in [-0.05, 0) is 42.7 Å². The second kappa shape index (κ2) is 6.31. The van der Waals surface area contributed by atoms with Crippen LogP contribution in [0.1, 0.15) is 29.9 Å². The standard InChI is InChI=1S/C17H22N2O2/c1-3-19-8-11-21-16-12-14(13-6-9-20-10-7-13)4-5-15(16)17(19)18-2/h3-5,12-13H,1,6-11H2,2H3. The molecule has 0 bridgehead atoms. The highest BCUT2D eigenvalue weighted by molar-refractivity contribution is 6.02. The Bertz CT molecular complexity index is 548. The van der Waals surface area contributed by atoms with Crippen LogP contribution in [-0.4, -0.2) is 44.1 Å². The molecule has 4 heteroatoms. The van der Waals surface area contributed by atoms with Gasteiger partial charge in [-0.3, -0.25) is 4.99 Å². The van der Waals surface area contributed by atoms with Gasteiger partial charge in [0.2, 0.25) is 0 Å². The van der Waals surface area contributed by atoms with E-state index in [2.05, 4.69) is 29.8 Å². The van der Waals surface area contributed by atoms with Gasteiger partial charge in [-0.15, -0.1) is 0 Å². The van der Waals surface area contributed by atoms with Gasteiger partial charge in [-0.2, -0.15) is 0 Å². The molecule has 0 N–H and O–H groups in total. The molecule has 0 unspecified atom stereocenters. The summed E-state index contributed by atoms with van der Waals surface area (Å²) in [6.45, 7) is 7.00. The quantitative estimate of drug-likeness (QED) is 0.838. The van der Waals surface area contributed by atoms with E-state index in [0.717, 1.165) is 49.7 Å². The predicted octanol–water partition coefficient (Wildman–Crippen LogP) is 2.79. The Morgan fingerprint density at radius 3 is 2.81 bits per heavy atom. The molecule has 2 heterocycles. The van der Waals surface area contributed by atoms with Crippen molar-refractivity contribution < 1.29 is 9.47 Å². The minimum atomic E-state index is 0.577. The Hall–Kier alpha value is -1.81. The van der Waals surface area contributed by atoms with E-state index in [1.54, 1.807) is 0 Å². The number of fused-ring (bicyclic) bond motifs is 1. The monoisotopic (exact) mass is 286 g/mol. The summed E-state index contributed by atoms with van der Waals surface area (Å²) in [5.74, 6) is 2.44. The number of amidine groups is 1. The summed E-state index contributed by atoms with van der Waals surface area (Å²) < 4.78 is 11.4. The zero-order valence-corrected chi connectivity index (χ0v) is 12.5. The maximum Gasteiger partial charge on any atom is 0.138 e. The molecule has 21 heavy (non-hydrogen) atoms. The molecule has 0 atom stereocenters. The van der Waals surface area contributed by atoms with Crippen molar-refractivity contribution in [2.24, 2.45) is 4.99 Å². The summed E-state index contributed by atoms with van der Waals surface area (Å²) in [6.07, 6.45) is 3.99. The topological polar surface area (TPSA) is 34.1 Å². The fraction of sp³-hybridized carbons (Fsp3) is 0.471. The SMILES string of the molecule is C=CN1CCOc2cc(C3CCOCC3)ccc2C1=NC. The van der Waals surface area contributed by atoms with E-state index in [4.69, 9.17) is 9.47 Å².